The third kappa shape index (κ3) is 2.98. The maximum atomic E-state index is 13.9. The van der Waals surface area contributed by atoms with E-state index in [-0.39, 0.29) is 5.56 Å². The summed E-state index contributed by atoms with van der Waals surface area (Å²) in [6.45, 7) is 1.85. The zero-order valence-electron chi connectivity index (χ0n) is 12.7. The number of hydrogen-bond donors (Lipinski definition) is 1. The minimum Gasteiger partial charge on any atom is -0.351 e. The van der Waals surface area contributed by atoms with E-state index < -0.39 is 17.7 Å². The highest BCUT2D eigenvalue weighted by Gasteiger charge is 2.21. The Labute approximate surface area is 141 Å². The summed E-state index contributed by atoms with van der Waals surface area (Å²) in [7, 11) is 0. The van der Waals surface area contributed by atoms with Gasteiger partial charge < -0.3 is 5.73 Å². The molecule has 0 aliphatic rings. The first kappa shape index (κ1) is 16.1. The van der Waals surface area contributed by atoms with E-state index in [9.17, 15) is 13.6 Å². The van der Waals surface area contributed by atoms with Crippen LogP contribution in [0.15, 0.2) is 47.8 Å². The molecule has 0 radical (unpaired) electrons. The molecular weight excluding hydrogens is 332 g/mol. The molecule has 2 amide bonds. The van der Waals surface area contributed by atoms with Crippen LogP contribution in [0.25, 0.3) is 11.3 Å². The number of aryl methyl sites for hydroxylation is 1. The molecule has 0 aliphatic heterocycles. The van der Waals surface area contributed by atoms with Crippen LogP contribution >= 0.6 is 11.3 Å². The SMILES string of the molecule is Cc1ccccc1N(C(N)=O)c1nc(-c2ccc(F)cc2F)cs1. The van der Waals surface area contributed by atoms with Crippen molar-refractivity contribution in [1.29, 1.82) is 0 Å². The van der Waals surface area contributed by atoms with Gasteiger partial charge in [0.25, 0.3) is 0 Å². The molecule has 0 aliphatic carbocycles. The predicted octanol–water partition coefficient (Wildman–Crippen LogP) is 4.61. The Balaban J connectivity index is 2.04. The number of benzene rings is 2. The molecule has 1 heterocycles. The quantitative estimate of drug-likeness (QED) is 0.753. The van der Waals surface area contributed by atoms with Crippen molar-refractivity contribution in [3.05, 3.63) is 65.0 Å². The molecule has 0 bridgehead atoms. The maximum absolute atomic E-state index is 13.9. The third-order valence-electron chi connectivity index (χ3n) is 3.47. The summed E-state index contributed by atoms with van der Waals surface area (Å²) in [6, 6.07) is 9.80. The average Bonchev–Trinajstić information content (AvgIpc) is 2.98. The van der Waals surface area contributed by atoms with Crippen LogP contribution in [0.1, 0.15) is 5.56 Å². The number of primary amides is 1. The maximum Gasteiger partial charge on any atom is 0.325 e. The van der Waals surface area contributed by atoms with Crippen molar-refractivity contribution in [2.24, 2.45) is 5.73 Å². The van der Waals surface area contributed by atoms with Gasteiger partial charge in [-0.25, -0.2) is 23.5 Å². The number of urea groups is 1. The van der Waals surface area contributed by atoms with Gasteiger partial charge in [0.05, 0.1) is 11.4 Å². The molecule has 4 nitrogen and oxygen atoms in total. The first-order valence-electron chi connectivity index (χ1n) is 7.03. The number of rotatable bonds is 3. The summed E-state index contributed by atoms with van der Waals surface area (Å²) in [5.74, 6) is -1.38. The van der Waals surface area contributed by atoms with Crippen molar-refractivity contribution in [2.45, 2.75) is 6.92 Å². The fraction of sp³-hybridized carbons (Fsp3) is 0.0588. The molecular formula is C17H13F2N3OS. The monoisotopic (exact) mass is 345 g/mol. The lowest BCUT2D eigenvalue weighted by Gasteiger charge is -2.19. The van der Waals surface area contributed by atoms with Crippen molar-refractivity contribution in [3.8, 4) is 11.3 Å². The number of carbonyl (C=O) groups excluding carboxylic acids is 1. The molecule has 0 fully saturated rings. The second-order valence-corrected chi connectivity index (χ2v) is 5.94. The zero-order chi connectivity index (χ0) is 17.3. The van der Waals surface area contributed by atoms with E-state index in [0.717, 1.165) is 29.0 Å². The van der Waals surface area contributed by atoms with Crippen LogP contribution in [0.4, 0.5) is 24.4 Å². The number of amides is 2. The molecule has 24 heavy (non-hydrogen) atoms. The Kier molecular flexibility index (Phi) is 4.26. The Morgan fingerprint density at radius 2 is 1.96 bits per heavy atom. The van der Waals surface area contributed by atoms with Crippen molar-refractivity contribution in [1.82, 2.24) is 4.98 Å². The van der Waals surface area contributed by atoms with Gasteiger partial charge in [0.15, 0.2) is 5.13 Å². The van der Waals surface area contributed by atoms with Crippen LogP contribution in [0.2, 0.25) is 0 Å². The lowest BCUT2D eigenvalue weighted by atomic mass is 10.1. The summed E-state index contributed by atoms with van der Waals surface area (Å²) in [6.07, 6.45) is 0. The summed E-state index contributed by atoms with van der Waals surface area (Å²) >= 11 is 1.15. The molecule has 3 aromatic rings. The number of halogens is 2. The highest BCUT2D eigenvalue weighted by atomic mass is 32.1. The second-order valence-electron chi connectivity index (χ2n) is 5.10. The van der Waals surface area contributed by atoms with Gasteiger partial charge in [-0.2, -0.15) is 0 Å². The smallest absolute Gasteiger partial charge is 0.325 e. The number of nitrogens with zero attached hydrogens (tertiary/aromatic N) is 2. The first-order chi connectivity index (χ1) is 11.5. The fourth-order valence-electron chi connectivity index (χ4n) is 2.32. The molecule has 0 unspecified atom stereocenters. The largest absolute Gasteiger partial charge is 0.351 e. The summed E-state index contributed by atoms with van der Waals surface area (Å²) in [5, 5.41) is 1.91. The fourth-order valence-corrected chi connectivity index (χ4v) is 3.16. The Morgan fingerprint density at radius 1 is 1.21 bits per heavy atom. The first-order valence-corrected chi connectivity index (χ1v) is 7.91. The lowest BCUT2D eigenvalue weighted by molar-refractivity contribution is 0.256. The van der Waals surface area contributed by atoms with Crippen molar-refractivity contribution in [3.63, 3.8) is 0 Å². The molecule has 122 valence electrons. The van der Waals surface area contributed by atoms with Crippen molar-refractivity contribution < 1.29 is 13.6 Å². The van der Waals surface area contributed by atoms with Gasteiger partial charge in [-0.1, -0.05) is 18.2 Å². The Hall–Kier alpha value is -2.80. The number of hydrogen-bond acceptors (Lipinski definition) is 3. The number of anilines is 2. The molecule has 0 spiro atoms. The molecule has 3 rings (SSSR count). The molecule has 0 saturated carbocycles. The summed E-state index contributed by atoms with van der Waals surface area (Å²) in [5.41, 5.74) is 7.42. The van der Waals surface area contributed by atoms with E-state index in [1.807, 2.05) is 19.1 Å². The van der Waals surface area contributed by atoms with Crippen LogP contribution in [0, 0.1) is 18.6 Å². The number of thiazole rings is 1. The average molecular weight is 345 g/mol. The van der Waals surface area contributed by atoms with Crippen molar-refractivity contribution >= 4 is 28.2 Å². The normalized spacial score (nSPS) is 10.6. The Bertz CT molecular complexity index is 910. The van der Waals surface area contributed by atoms with Gasteiger partial charge in [-0.15, -0.1) is 11.3 Å². The lowest BCUT2D eigenvalue weighted by Crippen LogP contribution is -2.31. The van der Waals surface area contributed by atoms with E-state index in [1.54, 1.807) is 17.5 Å². The van der Waals surface area contributed by atoms with E-state index in [0.29, 0.717) is 16.5 Å². The molecule has 0 atom stereocenters. The van der Waals surface area contributed by atoms with E-state index in [1.165, 1.54) is 11.0 Å². The van der Waals surface area contributed by atoms with Crippen LogP contribution in [0.3, 0.4) is 0 Å². The molecule has 0 saturated heterocycles. The summed E-state index contributed by atoms with van der Waals surface area (Å²) in [4.78, 5) is 17.5. The molecule has 2 N–H and O–H groups in total. The van der Waals surface area contributed by atoms with Gasteiger partial charge >= 0.3 is 6.03 Å². The van der Waals surface area contributed by atoms with Crippen LogP contribution in [-0.2, 0) is 0 Å². The number of aromatic nitrogens is 1. The van der Waals surface area contributed by atoms with E-state index >= 15 is 0 Å². The van der Waals surface area contributed by atoms with E-state index in [2.05, 4.69) is 4.98 Å². The van der Waals surface area contributed by atoms with Crippen LogP contribution < -0.4 is 10.6 Å². The molecule has 7 heteroatoms. The number of para-hydroxylation sites is 1. The topological polar surface area (TPSA) is 59.2 Å². The van der Waals surface area contributed by atoms with Gasteiger partial charge in [-0.05, 0) is 30.7 Å². The number of nitrogens with two attached hydrogens (primary N) is 1. The van der Waals surface area contributed by atoms with Gasteiger partial charge in [-0.3, -0.25) is 0 Å². The summed E-state index contributed by atoms with van der Waals surface area (Å²) < 4.78 is 27.0. The van der Waals surface area contributed by atoms with E-state index in [4.69, 9.17) is 5.73 Å². The third-order valence-corrected chi connectivity index (χ3v) is 4.29. The van der Waals surface area contributed by atoms with Gasteiger partial charge in [0.2, 0.25) is 0 Å². The highest BCUT2D eigenvalue weighted by molar-refractivity contribution is 7.14. The van der Waals surface area contributed by atoms with Gasteiger partial charge in [0.1, 0.15) is 11.6 Å². The van der Waals surface area contributed by atoms with Crippen molar-refractivity contribution in [2.75, 3.05) is 4.90 Å². The predicted molar refractivity (Wildman–Crippen MR) is 90.4 cm³/mol. The minimum atomic E-state index is -0.714. The standard InChI is InChI=1S/C17H13F2N3OS/c1-10-4-2-3-5-15(10)22(16(20)23)17-21-14(9-24-17)12-7-6-11(18)8-13(12)19/h2-9H,1H3,(H2,20,23). The van der Waals surface area contributed by atoms with Crippen LogP contribution in [0.5, 0.6) is 0 Å². The van der Waals surface area contributed by atoms with Gasteiger partial charge in [0, 0.05) is 17.0 Å². The number of carbonyl (C=O) groups is 1. The molecule has 1 aromatic heterocycles. The molecule has 2 aromatic carbocycles. The van der Waals surface area contributed by atoms with Crippen LogP contribution in [-0.4, -0.2) is 11.0 Å². The zero-order valence-corrected chi connectivity index (χ0v) is 13.5. The minimum absolute atomic E-state index is 0.160. The Morgan fingerprint density at radius 3 is 2.62 bits per heavy atom. The highest BCUT2D eigenvalue weighted by Crippen LogP contribution is 2.34. The second kappa shape index (κ2) is 6.37.